The van der Waals surface area contributed by atoms with Crippen LogP contribution in [0.15, 0.2) is 36.5 Å². The van der Waals surface area contributed by atoms with Crippen LogP contribution in [0.3, 0.4) is 0 Å². The van der Waals surface area contributed by atoms with Crippen LogP contribution >= 0.6 is 0 Å². The molecule has 0 bridgehead atoms. The van der Waals surface area contributed by atoms with E-state index in [1.807, 2.05) is 0 Å². The first-order valence-corrected chi connectivity index (χ1v) is 9.49. The van der Waals surface area contributed by atoms with Crippen molar-refractivity contribution in [2.75, 3.05) is 6.54 Å². The van der Waals surface area contributed by atoms with Gasteiger partial charge in [0, 0.05) is 6.54 Å². The Morgan fingerprint density at radius 3 is 2.25 bits per heavy atom. The molecule has 88 valence electrons. The predicted molar refractivity (Wildman–Crippen MR) is 75.8 cm³/mol. The van der Waals surface area contributed by atoms with Crippen LogP contribution in [0.1, 0.15) is 18.9 Å². The number of hydrogen-bond acceptors (Lipinski definition) is 1. The molecule has 0 atom stereocenters. The Morgan fingerprint density at radius 2 is 1.75 bits per heavy atom. The van der Waals surface area contributed by atoms with E-state index in [-0.39, 0.29) is 0 Å². The first-order chi connectivity index (χ1) is 7.54. The van der Waals surface area contributed by atoms with Crippen molar-refractivity contribution in [2.24, 2.45) is 0 Å². The minimum Gasteiger partial charge on any atom is -0.404 e. The lowest BCUT2D eigenvalue weighted by molar-refractivity contribution is 0.555. The second-order valence-corrected chi connectivity index (χ2v) is 10.0. The second kappa shape index (κ2) is 5.90. The molecule has 0 aliphatic carbocycles. The minimum absolute atomic E-state index is 1.17. The fourth-order valence-electron chi connectivity index (χ4n) is 1.61. The van der Waals surface area contributed by atoms with Crippen molar-refractivity contribution in [1.29, 1.82) is 0 Å². The molecule has 0 saturated heterocycles. The van der Waals surface area contributed by atoms with Gasteiger partial charge in [0.25, 0.3) is 0 Å². The molecule has 0 N–H and O–H groups in total. The van der Waals surface area contributed by atoms with Gasteiger partial charge in [-0.2, -0.15) is 0 Å². The molecule has 0 aliphatic rings. The van der Waals surface area contributed by atoms with Gasteiger partial charge in [0.1, 0.15) is 8.24 Å². The number of benzene rings is 1. The van der Waals surface area contributed by atoms with E-state index in [9.17, 15) is 0 Å². The molecular formula is C14H23NSi. The number of hydrogen-bond donors (Lipinski definition) is 0. The Hall–Kier alpha value is -1.02. The van der Waals surface area contributed by atoms with Crippen LogP contribution in [-0.4, -0.2) is 19.3 Å². The standard InChI is InChI=1S/C14H23NSi/c1-5-12-15(16(2,3)4)13-11-14-9-7-6-8-10-14/h6-11,13H,5,12H2,1-4H3/b13-11+. The summed E-state index contributed by atoms with van der Waals surface area (Å²) >= 11 is 0. The third kappa shape index (κ3) is 4.23. The largest absolute Gasteiger partial charge is 0.404 e. The lowest BCUT2D eigenvalue weighted by atomic mass is 10.2. The maximum atomic E-state index is 2.53. The summed E-state index contributed by atoms with van der Waals surface area (Å²) in [5.74, 6) is 0. The number of nitrogens with zero attached hydrogens (tertiary/aromatic N) is 1. The zero-order chi connectivity index (χ0) is 12.0. The van der Waals surface area contributed by atoms with E-state index in [1.165, 1.54) is 18.5 Å². The zero-order valence-corrected chi connectivity index (χ0v) is 11.9. The average molecular weight is 233 g/mol. The van der Waals surface area contributed by atoms with E-state index in [2.05, 4.69) is 73.7 Å². The first kappa shape index (κ1) is 13.0. The highest BCUT2D eigenvalue weighted by atomic mass is 28.3. The topological polar surface area (TPSA) is 3.24 Å². The van der Waals surface area contributed by atoms with Gasteiger partial charge in [0.15, 0.2) is 0 Å². The van der Waals surface area contributed by atoms with Gasteiger partial charge in [-0.05, 0) is 24.3 Å². The van der Waals surface area contributed by atoms with Gasteiger partial charge < -0.3 is 4.57 Å². The van der Waals surface area contributed by atoms with Gasteiger partial charge in [0.05, 0.1) is 0 Å². The molecule has 2 heteroatoms. The van der Waals surface area contributed by atoms with Gasteiger partial charge in [0.2, 0.25) is 0 Å². The maximum Gasteiger partial charge on any atom is 0.146 e. The Labute approximate surface area is 101 Å². The maximum absolute atomic E-state index is 2.53. The summed E-state index contributed by atoms with van der Waals surface area (Å²) in [6.45, 7) is 10.6. The molecule has 1 rings (SSSR count). The fourth-order valence-corrected chi connectivity index (χ4v) is 3.03. The summed E-state index contributed by atoms with van der Waals surface area (Å²) in [5.41, 5.74) is 1.28. The van der Waals surface area contributed by atoms with E-state index >= 15 is 0 Å². The molecule has 0 amide bonds. The quantitative estimate of drug-likeness (QED) is 0.689. The average Bonchev–Trinajstić information content (AvgIpc) is 2.24. The van der Waals surface area contributed by atoms with Crippen LogP contribution < -0.4 is 0 Å². The van der Waals surface area contributed by atoms with Crippen LogP contribution in [0, 0.1) is 0 Å². The summed E-state index contributed by atoms with van der Waals surface area (Å²) in [5, 5.41) is 0. The van der Waals surface area contributed by atoms with Gasteiger partial charge >= 0.3 is 0 Å². The molecule has 0 unspecified atom stereocenters. The zero-order valence-electron chi connectivity index (χ0n) is 10.9. The van der Waals surface area contributed by atoms with Crippen LogP contribution in [0.25, 0.3) is 6.08 Å². The molecule has 1 aromatic rings. The SMILES string of the molecule is CCCN(/C=C/c1ccccc1)[Si](C)(C)C. The van der Waals surface area contributed by atoms with Gasteiger partial charge in [-0.1, -0.05) is 56.9 Å². The normalized spacial score (nSPS) is 12.0. The summed E-state index contributed by atoms with van der Waals surface area (Å²) in [6.07, 6.45) is 5.70. The van der Waals surface area contributed by atoms with E-state index in [0.29, 0.717) is 0 Å². The molecule has 0 aromatic heterocycles. The molecule has 1 aromatic carbocycles. The van der Waals surface area contributed by atoms with Crippen LogP contribution in [0.5, 0.6) is 0 Å². The summed E-state index contributed by atoms with van der Waals surface area (Å²) < 4.78 is 2.53. The van der Waals surface area contributed by atoms with Gasteiger partial charge in [-0.25, -0.2) is 0 Å². The van der Waals surface area contributed by atoms with Crippen molar-refractivity contribution in [2.45, 2.75) is 33.0 Å². The Balaban J connectivity index is 2.72. The molecule has 0 aliphatic heterocycles. The summed E-state index contributed by atoms with van der Waals surface area (Å²) in [4.78, 5) is 0. The molecule has 0 fully saturated rings. The highest BCUT2D eigenvalue weighted by molar-refractivity contribution is 6.73. The highest BCUT2D eigenvalue weighted by Gasteiger charge is 2.19. The minimum atomic E-state index is -1.21. The second-order valence-electron chi connectivity index (χ2n) is 5.09. The van der Waals surface area contributed by atoms with Gasteiger partial charge in [-0.3, -0.25) is 0 Å². The molecule has 0 radical (unpaired) electrons. The Kier molecular flexibility index (Phi) is 4.81. The van der Waals surface area contributed by atoms with Crippen molar-refractivity contribution in [1.82, 2.24) is 4.57 Å². The fraction of sp³-hybridized carbons (Fsp3) is 0.429. The molecule has 16 heavy (non-hydrogen) atoms. The molecule has 0 spiro atoms. The smallest absolute Gasteiger partial charge is 0.146 e. The number of rotatable bonds is 5. The predicted octanol–water partition coefficient (Wildman–Crippen LogP) is 4.20. The van der Waals surface area contributed by atoms with Crippen molar-refractivity contribution >= 4 is 14.3 Å². The van der Waals surface area contributed by atoms with Crippen LogP contribution in [0.4, 0.5) is 0 Å². The van der Waals surface area contributed by atoms with Crippen LogP contribution in [-0.2, 0) is 0 Å². The lowest BCUT2D eigenvalue weighted by Crippen LogP contribution is -2.42. The third-order valence-corrected chi connectivity index (χ3v) is 4.67. The third-order valence-electron chi connectivity index (χ3n) is 2.57. The van der Waals surface area contributed by atoms with Gasteiger partial charge in [-0.15, -0.1) is 0 Å². The van der Waals surface area contributed by atoms with E-state index < -0.39 is 8.24 Å². The van der Waals surface area contributed by atoms with Crippen LogP contribution in [0.2, 0.25) is 19.6 Å². The molecule has 0 heterocycles. The van der Waals surface area contributed by atoms with E-state index in [4.69, 9.17) is 0 Å². The lowest BCUT2D eigenvalue weighted by Gasteiger charge is -2.32. The Morgan fingerprint density at radius 1 is 1.12 bits per heavy atom. The molecular weight excluding hydrogens is 210 g/mol. The van der Waals surface area contributed by atoms with E-state index in [0.717, 1.165) is 0 Å². The monoisotopic (exact) mass is 233 g/mol. The van der Waals surface area contributed by atoms with E-state index in [1.54, 1.807) is 0 Å². The molecule has 0 saturated carbocycles. The van der Waals surface area contributed by atoms with Crippen molar-refractivity contribution in [3.63, 3.8) is 0 Å². The van der Waals surface area contributed by atoms with Crippen molar-refractivity contribution < 1.29 is 0 Å². The first-order valence-electron chi connectivity index (χ1n) is 6.04. The molecule has 1 nitrogen and oxygen atoms in total. The Bertz CT molecular complexity index is 324. The summed E-state index contributed by atoms with van der Waals surface area (Å²) in [7, 11) is -1.21. The van der Waals surface area contributed by atoms with Crippen molar-refractivity contribution in [3.05, 3.63) is 42.1 Å². The van der Waals surface area contributed by atoms with Crippen molar-refractivity contribution in [3.8, 4) is 0 Å². The highest BCUT2D eigenvalue weighted by Crippen LogP contribution is 2.12. The summed E-state index contributed by atoms with van der Waals surface area (Å²) in [6, 6.07) is 10.5.